The third-order valence-corrected chi connectivity index (χ3v) is 3.27. The van der Waals surface area contributed by atoms with Crippen molar-refractivity contribution in [1.82, 2.24) is 9.97 Å². The number of carbonyl (C=O) groups excluding carboxylic acids is 1. The average Bonchev–Trinajstić information content (AvgIpc) is 2.42. The molecule has 0 bridgehead atoms. The van der Waals surface area contributed by atoms with Gasteiger partial charge in [0.25, 0.3) is 11.8 Å². The van der Waals surface area contributed by atoms with Crippen molar-refractivity contribution in [2.24, 2.45) is 0 Å². The van der Waals surface area contributed by atoms with E-state index in [9.17, 15) is 4.79 Å². The van der Waals surface area contributed by atoms with Crippen molar-refractivity contribution in [3.8, 4) is 11.8 Å². The highest BCUT2D eigenvalue weighted by atomic mass is 35.5. The van der Waals surface area contributed by atoms with Crippen molar-refractivity contribution in [3.63, 3.8) is 0 Å². The summed E-state index contributed by atoms with van der Waals surface area (Å²) >= 11 is 12.1. The zero-order valence-corrected chi connectivity index (χ0v) is 12.5. The van der Waals surface area contributed by atoms with Crippen LogP contribution in [0.2, 0.25) is 10.0 Å². The maximum atomic E-state index is 11.3. The van der Waals surface area contributed by atoms with Crippen LogP contribution in [0.4, 0.5) is 5.69 Å². The second-order valence-electron chi connectivity index (χ2n) is 3.84. The van der Waals surface area contributed by atoms with Crippen molar-refractivity contribution in [3.05, 3.63) is 16.1 Å². The zero-order valence-electron chi connectivity index (χ0n) is 11.0. The van der Waals surface area contributed by atoms with Crippen molar-refractivity contribution in [2.45, 2.75) is 6.92 Å². The molecule has 0 unspecified atom stereocenters. The van der Waals surface area contributed by atoms with Crippen LogP contribution in [0.3, 0.4) is 0 Å². The van der Waals surface area contributed by atoms with E-state index in [4.69, 9.17) is 32.7 Å². The Hall–Kier alpha value is -1.79. The fourth-order valence-corrected chi connectivity index (χ4v) is 2.05. The predicted octanol–water partition coefficient (Wildman–Crippen LogP) is 2.91. The lowest BCUT2D eigenvalue weighted by molar-refractivity contribution is -0.114. The van der Waals surface area contributed by atoms with Crippen LogP contribution in [0.25, 0.3) is 11.0 Å². The molecule has 1 aromatic heterocycles. The predicted molar refractivity (Wildman–Crippen MR) is 77.0 cm³/mol. The molecule has 6 nitrogen and oxygen atoms in total. The molecule has 0 aliphatic heterocycles. The number of nitrogens with one attached hydrogen (secondary N) is 1. The van der Waals surface area contributed by atoms with Gasteiger partial charge in [0.05, 0.1) is 35.5 Å². The lowest BCUT2D eigenvalue weighted by Gasteiger charge is -2.12. The molecule has 0 atom stereocenters. The van der Waals surface area contributed by atoms with Gasteiger partial charge in [-0.2, -0.15) is 0 Å². The summed E-state index contributed by atoms with van der Waals surface area (Å²) < 4.78 is 10.2. The van der Waals surface area contributed by atoms with E-state index >= 15 is 0 Å². The minimum Gasteiger partial charge on any atom is -0.477 e. The Morgan fingerprint density at radius 1 is 1.20 bits per heavy atom. The number of aromatic nitrogens is 2. The number of nitrogens with zero attached hydrogens (tertiary/aromatic N) is 2. The first kappa shape index (κ1) is 14.6. The van der Waals surface area contributed by atoms with Gasteiger partial charge in [-0.05, 0) is 6.07 Å². The van der Waals surface area contributed by atoms with Gasteiger partial charge in [-0.1, -0.05) is 23.2 Å². The van der Waals surface area contributed by atoms with Gasteiger partial charge < -0.3 is 14.8 Å². The molecule has 8 heteroatoms. The van der Waals surface area contributed by atoms with Crippen LogP contribution in [0.5, 0.6) is 11.8 Å². The molecule has 0 aliphatic rings. The second-order valence-corrected chi connectivity index (χ2v) is 4.62. The number of halogens is 2. The molecular formula is C12H11Cl2N3O3. The zero-order chi connectivity index (χ0) is 14.9. The van der Waals surface area contributed by atoms with Gasteiger partial charge in [-0.15, -0.1) is 0 Å². The summed E-state index contributed by atoms with van der Waals surface area (Å²) in [5, 5.41) is 3.04. The molecule has 2 rings (SSSR count). The summed E-state index contributed by atoms with van der Waals surface area (Å²) in [5.41, 5.74) is 1.09. The van der Waals surface area contributed by atoms with E-state index in [1.165, 1.54) is 21.1 Å². The molecule has 20 heavy (non-hydrogen) atoms. The number of hydrogen-bond donors (Lipinski definition) is 1. The van der Waals surface area contributed by atoms with Crippen LogP contribution < -0.4 is 14.8 Å². The fourth-order valence-electron chi connectivity index (χ4n) is 1.66. The summed E-state index contributed by atoms with van der Waals surface area (Å²) in [4.78, 5) is 19.8. The van der Waals surface area contributed by atoms with E-state index in [0.29, 0.717) is 11.0 Å². The van der Waals surface area contributed by atoms with Crippen molar-refractivity contribution >= 4 is 45.8 Å². The van der Waals surface area contributed by atoms with Crippen molar-refractivity contribution < 1.29 is 14.3 Å². The van der Waals surface area contributed by atoms with Crippen molar-refractivity contribution in [2.75, 3.05) is 19.5 Å². The minimum atomic E-state index is -0.299. The van der Waals surface area contributed by atoms with Gasteiger partial charge in [0, 0.05) is 6.92 Å². The quantitative estimate of drug-likeness (QED) is 0.942. The summed E-state index contributed by atoms with van der Waals surface area (Å²) in [7, 11) is 2.89. The number of carbonyl (C=O) groups is 1. The summed E-state index contributed by atoms with van der Waals surface area (Å²) in [6.07, 6.45) is 0. The van der Waals surface area contributed by atoms with Gasteiger partial charge in [0.2, 0.25) is 5.91 Å². The van der Waals surface area contributed by atoms with E-state index < -0.39 is 0 Å². The standard InChI is InChI=1S/C12H11Cl2N3O3/c1-5(18)15-10-8(14)6(13)4-7-9(10)17-12(20-3)11(16-7)19-2/h4H,1-3H3,(H,15,18). The van der Waals surface area contributed by atoms with Gasteiger partial charge in [-0.25, -0.2) is 9.97 Å². The van der Waals surface area contributed by atoms with Gasteiger partial charge in [0.15, 0.2) is 0 Å². The van der Waals surface area contributed by atoms with Crippen LogP contribution in [0.1, 0.15) is 6.92 Å². The van der Waals surface area contributed by atoms with E-state index in [1.807, 2.05) is 0 Å². The van der Waals surface area contributed by atoms with Crippen LogP contribution >= 0.6 is 23.2 Å². The first-order valence-corrected chi connectivity index (χ1v) is 6.28. The number of rotatable bonds is 3. The number of methoxy groups -OCH3 is 2. The summed E-state index contributed by atoms with van der Waals surface area (Å²) in [6.45, 7) is 1.36. The van der Waals surface area contributed by atoms with Crippen LogP contribution in [0, 0.1) is 0 Å². The Bertz CT molecular complexity index is 691. The first-order chi connectivity index (χ1) is 9.47. The average molecular weight is 316 g/mol. The Labute approximate surface area is 125 Å². The third-order valence-electron chi connectivity index (χ3n) is 2.48. The maximum Gasteiger partial charge on any atom is 0.278 e. The lowest BCUT2D eigenvalue weighted by Crippen LogP contribution is -2.08. The summed E-state index contributed by atoms with van der Waals surface area (Å²) in [6, 6.07) is 1.54. The molecule has 1 N–H and O–H groups in total. The number of benzene rings is 1. The third kappa shape index (κ3) is 2.57. The SMILES string of the molecule is COc1nc2cc(Cl)c(Cl)c(NC(C)=O)c2nc1OC. The van der Waals surface area contributed by atoms with Crippen LogP contribution in [0.15, 0.2) is 6.07 Å². The molecule has 0 saturated heterocycles. The molecule has 106 valence electrons. The van der Waals surface area contributed by atoms with Crippen LogP contribution in [-0.4, -0.2) is 30.1 Å². The lowest BCUT2D eigenvalue weighted by atomic mass is 10.2. The Balaban J connectivity index is 2.80. The van der Waals surface area contributed by atoms with E-state index in [2.05, 4.69) is 15.3 Å². The van der Waals surface area contributed by atoms with E-state index in [0.717, 1.165) is 0 Å². The molecular weight excluding hydrogens is 305 g/mol. The summed E-state index contributed by atoms with van der Waals surface area (Å²) in [5.74, 6) is 0.101. The number of fused-ring (bicyclic) bond motifs is 1. The number of anilines is 1. The first-order valence-electron chi connectivity index (χ1n) is 5.53. The van der Waals surface area contributed by atoms with E-state index in [1.54, 1.807) is 6.07 Å². The van der Waals surface area contributed by atoms with Gasteiger partial charge >= 0.3 is 0 Å². The fraction of sp³-hybridized carbons (Fsp3) is 0.250. The Kier molecular flexibility index (Phi) is 4.15. The van der Waals surface area contributed by atoms with E-state index in [-0.39, 0.29) is 33.4 Å². The smallest absolute Gasteiger partial charge is 0.278 e. The molecule has 0 aliphatic carbocycles. The normalized spacial score (nSPS) is 10.4. The molecule has 0 radical (unpaired) electrons. The molecule has 1 aromatic carbocycles. The maximum absolute atomic E-state index is 11.3. The van der Waals surface area contributed by atoms with Crippen molar-refractivity contribution in [1.29, 1.82) is 0 Å². The number of hydrogen-bond acceptors (Lipinski definition) is 5. The topological polar surface area (TPSA) is 73.3 Å². The molecule has 0 spiro atoms. The molecule has 1 amide bonds. The molecule has 0 fully saturated rings. The highest BCUT2D eigenvalue weighted by Gasteiger charge is 2.18. The highest BCUT2D eigenvalue weighted by molar-refractivity contribution is 6.45. The highest BCUT2D eigenvalue weighted by Crippen LogP contribution is 2.38. The molecule has 1 heterocycles. The molecule has 0 saturated carbocycles. The van der Waals surface area contributed by atoms with Crippen LogP contribution in [-0.2, 0) is 4.79 Å². The monoisotopic (exact) mass is 315 g/mol. The second kappa shape index (κ2) is 5.68. The molecule has 2 aromatic rings. The number of ether oxygens (including phenoxy) is 2. The largest absolute Gasteiger partial charge is 0.477 e. The number of amides is 1. The Morgan fingerprint density at radius 3 is 2.35 bits per heavy atom. The Morgan fingerprint density at radius 2 is 1.80 bits per heavy atom. The van der Waals surface area contributed by atoms with Gasteiger partial charge in [0.1, 0.15) is 5.52 Å². The minimum absolute atomic E-state index is 0.185. The van der Waals surface area contributed by atoms with Gasteiger partial charge in [-0.3, -0.25) is 4.79 Å².